The number of nitrogens with zero attached hydrogens (tertiary/aromatic N) is 1. The second-order valence-electron chi connectivity index (χ2n) is 2.63. The lowest BCUT2D eigenvalue weighted by Gasteiger charge is -2.03. The van der Waals surface area contributed by atoms with E-state index in [9.17, 15) is 0 Å². The normalized spacial score (nSPS) is 10.5. The summed E-state index contributed by atoms with van der Waals surface area (Å²) in [5.41, 5.74) is 1.04. The smallest absolute Gasteiger partial charge is 0.149 e. The number of hydrogen-bond donors (Lipinski definition) is 1. The second-order valence-corrected chi connectivity index (χ2v) is 3.43. The number of H-pyrrole nitrogens is 1. The van der Waals surface area contributed by atoms with E-state index in [2.05, 4.69) is 24.0 Å². The summed E-state index contributed by atoms with van der Waals surface area (Å²) in [4.78, 5) is 0. The molecule has 4 heteroatoms. The van der Waals surface area contributed by atoms with Crippen molar-refractivity contribution in [2.45, 2.75) is 19.8 Å². The molecule has 1 aromatic rings. The van der Waals surface area contributed by atoms with Gasteiger partial charge >= 0.3 is 0 Å². The maximum Gasteiger partial charge on any atom is 0.149 e. The van der Waals surface area contributed by atoms with Gasteiger partial charge in [-0.25, -0.2) is 0 Å². The molecular formula is C7H9ClN2S. The molecule has 60 valence electrons. The molecule has 1 heterocycles. The standard InChI is InChI=1S/C7H9ClN2S/c1-4(2)5-3-6(8)9-10-7(5)11/h3-4H,1-2H3,(H,10,11). The van der Waals surface area contributed by atoms with Gasteiger partial charge in [-0.2, -0.15) is 5.10 Å². The molecule has 0 amide bonds. The molecule has 1 N–H and O–H groups in total. The summed E-state index contributed by atoms with van der Waals surface area (Å²) >= 11 is 10.7. The lowest BCUT2D eigenvalue weighted by atomic mass is 10.1. The number of aromatic nitrogens is 2. The Morgan fingerprint density at radius 3 is 2.73 bits per heavy atom. The molecule has 0 aliphatic heterocycles. The molecule has 2 nitrogen and oxygen atoms in total. The number of rotatable bonds is 1. The monoisotopic (exact) mass is 188 g/mol. The first-order chi connectivity index (χ1) is 5.11. The van der Waals surface area contributed by atoms with Crippen LogP contribution < -0.4 is 0 Å². The zero-order valence-electron chi connectivity index (χ0n) is 6.39. The van der Waals surface area contributed by atoms with Gasteiger partial charge in [-0.1, -0.05) is 37.7 Å². The van der Waals surface area contributed by atoms with Gasteiger partial charge in [0.25, 0.3) is 0 Å². The quantitative estimate of drug-likeness (QED) is 0.687. The third-order valence-corrected chi connectivity index (χ3v) is 1.94. The van der Waals surface area contributed by atoms with Crippen LogP contribution in [-0.2, 0) is 0 Å². The van der Waals surface area contributed by atoms with Crippen molar-refractivity contribution in [2.24, 2.45) is 0 Å². The first-order valence-electron chi connectivity index (χ1n) is 3.36. The van der Waals surface area contributed by atoms with E-state index in [1.165, 1.54) is 0 Å². The summed E-state index contributed by atoms with van der Waals surface area (Å²) in [6.07, 6.45) is 0. The minimum absolute atomic E-state index is 0.388. The van der Waals surface area contributed by atoms with E-state index in [1.54, 1.807) is 6.07 Å². The van der Waals surface area contributed by atoms with Crippen molar-refractivity contribution >= 4 is 23.8 Å². The highest BCUT2D eigenvalue weighted by Gasteiger charge is 2.02. The highest BCUT2D eigenvalue weighted by molar-refractivity contribution is 7.71. The number of halogens is 1. The molecule has 0 spiro atoms. The molecule has 0 fully saturated rings. The average Bonchev–Trinajstić information content (AvgIpc) is 1.94. The van der Waals surface area contributed by atoms with Crippen molar-refractivity contribution in [2.75, 3.05) is 0 Å². The van der Waals surface area contributed by atoms with Crippen LogP contribution >= 0.6 is 23.8 Å². The highest BCUT2D eigenvalue weighted by Crippen LogP contribution is 2.16. The molecule has 0 aliphatic carbocycles. The van der Waals surface area contributed by atoms with Crippen molar-refractivity contribution in [3.05, 3.63) is 21.4 Å². The Morgan fingerprint density at radius 1 is 1.64 bits per heavy atom. The van der Waals surface area contributed by atoms with Crippen LogP contribution in [0, 0.1) is 4.64 Å². The van der Waals surface area contributed by atoms with Gasteiger partial charge in [0.15, 0.2) is 0 Å². The van der Waals surface area contributed by atoms with Crippen LogP contribution in [0.2, 0.25) is 5.15 Å². The Morgan fingerprint density at radius 2 is 2.27 bits per heavy atom. The molecule has 0 bridgehead atoms. The van der Waals surface area contributed by atoms with Crippen molar-refractivity contribution in [3.8, 4) is 0 Å². The molecular weight excluding hydrogens is 180 g/mol. The predicted molar refractivity (Wildman–Crippen MR) is 48.5 cm³/mol. The molecule has 0 saturated carbocycles. The van der Waals surface area contributed by atoms with Gasteiger partial charge in [0.1, 0.15) is 9.79 Å². The van der Waals surface area contributed by atoms with Crippen LogP contribution in [-0.4, -0.2) is 10.2 Å². The first-order valence-corrected chi connectivity index (χ1v) is 4.15. The summed E-state index contributed by atoms with van der Waals surface area (Å²) in [5, 5.41) is 6.90. The number of nitrogens with one attached hydrogen (secondary N) is 1. The first kappa shape index (κ1) is 8.68. The van der Waals surface area contributed by atoms with Gasteiger partial charge in [-0.05, 0) is 17.5 Å². The third-order valence-electron chi connectivity index (χ3n) is 1.42. The molecule has 0 aliphatic rings. The molecule has 0 saturated heterocycles. The lowest BCUT2D eigenvalue weighted by molar-refractivity contribution is 0.834. The fraction of sp³-hybridized carbons (Fsp3) is 0.429. The van der Waals surface area contributed by atoms with E-state index < -0.39 is 0 Å². The Labute approximate surface area is 75.6 Å². The van der Waals surface area contributed by atoms with E-state index in [4.69, 9.17) is 23.8 Å². The molecule has 0 radical (unpaired) electrons. The Balaban J connectivity index is 3.24. The van der Waals surface area contributed by atoms with Crippen LogP contribution in [0.25, 0.3) is 0 Å². The fourth-order valence-electron chi connectivity index (χ4n) is 0.824. The Hall–Kier alpha value is -0.410. The van der Waals surface area contributed by atoms with Crippen LogP contribution in [0.5, 0.6) is 0 Å². The molecule has 0 unspecified atom stereocenters. The number of hydrogen-bond acceptors (Lipinski definition) is 2. The minimum atomic E-state index is 0.388. The molecule has 0 atom stereocenters. The van der Waals surface area contributed by atoms with Gasteiger partial charge < -0.3 is 0 Å². The Kier molecular flexibility index (Phi) is 2.62. The topological polar surface area (TPSA) is 28.7 Å². The van der Waals surface area contributed by atoms with Crippen LogP contribution in [0.15, 0.2) is 6.07 Å². The highest BCUT2D eigenvalue weighted by atomic mass is 35.5. The third kappa shape index (κ3) is 2.01. The lowest BCUT2D eigenvalue weighted by Crippen LogP contribution is -1.93. The van der Waals surface area contributed by atoms with Crippen LogP contribution in [0.1, 0.15) is 25.3 Å². The van der Waals surface area contributed by atoms with E-state index >= 15 is 0 Å². The largest absolute Gasteiger partial charge is 0.266 e. The van der Waals surface area contributed by atoms with E-state index in [-0.39, 0.29) is 0 Å². The van der Waals surface area contributed by atoms with E-state index in [1.807, 2.05) is 0 Å². The van der Waals surface area contributed by atoms with E-state index in [0.29, 0.717) is 15.7 Å². The summed E-state index contributed by atoms with van der Waals surface area (Å²) < 4.78 is 0.671. The zero-order chi connectivity index (χ0) is 8.43. The van der Waals surface area contributed by atoms with Gasteiger partial charge in [0.05, 0.1) is 0 Å². The maximum atomic E-state index is 5.67. The van der Waals surface area contributed by atoms with Gasteiger partial charge in [0.2, 0.25) is 0 Å². The van der Waals surface area contributed by atoms with Crippen molar-refractivity contribution in [3.63, 3.8) is 0 Å². The molecule has 1 aromatic heterocycles. The Bertz CT molecular complexity index is 306. The minimum Gasteiger partial charge on any atom is -0.266 e. The predicted octanol–water partition coefficient (Wildman–Crippen LogP) is 2.92. The van der Waals surface area contributed by atoms with Gasteiger partial charge in [-0.15, -0.1) is 0 Å². The van der Waals surface area contributed by atoms with Crippen LogP contribution in [0.4, 0.5) is 0 Å². The number of aromatic amines is 1. The summed E-state index contributed by atoms with van der Waals surface area (Å²) in [5.74, 6) is 0.388. The van der Waals surface area contributed by atoms with Crippen LogP contribution in [0.3, 0.4) is 0 Å². The average molecular weight is 189 g/mol. The van der Waals surface area contributed by atoms with Gasteiger partial charge in [0, 0.05) is 0 Å². The maximum absolute atomic E-state index is 5.67. The molecule has 11 heavy (non-hydrogen) atoms. The van der Waals surface area contributed by atoms with Crippen molar-refractivity contribution in [1.82, 2.24) is 10.2 Å². The summed E-state index contributed by atoms with van der Waals surface area (Å²) in [6, 6.07) is 1.80. The summed E-state index contributed by atoms with van der Waals surface area (Å²) in [7, 11) is 0. The van der Waals surface area contributed by atoms with Crippen molar-refractivity contribution in [1.29, 1.82) is 0 Å². The zero-order valence-corrected chi connectivity index (χ0v) is 7.96. The fourth-order valence-corrected chi connectivity index (χ4v) is 1.32. The molecule has 0 aromatic carbocycles. The van der Waals surface area contributed by atoms with Gasteiger partial charge in [-0.3, -0.25) is 5.10 Å². The SMILES string of the molecule is CC(C)c1cc(Cl)n[nH]c1=S. The second kappa shape index (κ2) is 3.32. The molecule has 1 rings (SSSR count). The van der Waals surface area contributed by atoms with Crippen molar-refractivity contribution < 1.29 is 0 Å². The van der Waals surface area contributed by atoms with E-state index in [0.717, 1.165) is 5.56 Å². The summed E-state index contributed by atoms with van der Waals surface area (Å²) in [6.45, 7) is 4.13.